The number of benzene rings is 1. The van der Waals surface area contributed by atoms with Gasteiger partial charge in [0.25, 0.3) is 5.91 Å². The summed E-state index contributed by atoms with van der Waals surface area (Å²) in [5.74, 6) is 0.0388. The van der Waals surface area contributed by atoms with Gasteiger partial charge in [-0.1, -0.05) is 29.5 Å². The minimum absolute atomic E-state index is 0.0388. The molecule has 0 unspecified atom stereocenters. The molecule has 3 N–H and O–H groups in total. The van der Waals surface area contributed by atoms with Crippen LogP contribution in [-0.2, 0) is 13.0 Å². The molecule has 7 heteroatoms. The average Bonchev–Trinajstić information content (AvgIpc) is 3.22. The van der Waals surface area contributed by atoms with Gasteiger partial charge in [-0.15, -0.1) is 0 Å². The number of aliphatic hydroxyl groups excluding tert-OH is 1. The maximum Gasteiger partial charge on any atom is 0.270 e. The van der Waals surface area contributed by atoms with Gasteiger partial charge in [0.2, 0.25) is 0 Å². The van der Waals surface area contributed by atoms with Crippen LogP contribution in [-0.4, -0.2) is 44.6 Å². The van der Waals surface area contributed by atoms with E-state index in [1.807, 2.05) is 35.2 Å². The summed E-state index contributed by atoms with van der Waals surface area (Å²) in [5.41, 5.74) is 2.72. The molecule has 1 aliphatic carbocycles. The molecule has 5 rings (SSSR count). The van der Waals surface area contributed by atoms with Gasteiger partial charge in [-0.05, 0) is 25.0 Å². The van der Waals surface area contributed by atoms with Gasteiger partial charge in [-0.25, -0.2) is 4.98 Å². The standard InChI is InChI=1S/C19H20N4O2S/c24-13-8-12(9-13)20-19-22-15-5-6-23(10-17(15)26-19)18(25)16-7-11-3-1-2-4-14(11)21-16/h1-4,7,12-13,21,24H,5-6,8-10H2,(H,20,22)/t12-,13+. The number of aliphatic hydroxyl groups is 1. The molecular weight excluding hydrogens is 348 g/mol. The lowest BCUT2D eigenvalue weighted by atomic mass is 9.90. The van der Waals surface area contributed by atoms with Crippen LogP contribution in [0.2, 0.25) is 0 Å². The van der Waals surface area contributed by atoms with Crippen molar-refractivity contribution < 1.29 is 9.90 Å². The van der Waals surface area contributed by atoms with Crippen LogP contribution in [0.4, 0.5) is 5.13 Å². The van der Waals surface area contributed by atoms with Crippen LogP contribution in [0.1, 0.15) is 33.9 Å². The number of carbonyl (C=O) groups is 1. The molecule has 1 amide bonds. The van der Waals surface area contributed by atoms with E-state index in [9.17, 15) is 9.90 Å². The molecular formula is C19H20N4O2S. The molecule has 1 aliphatic heterocycles. The van der Waals surface area contributed by atoms with Crippen molar-refractivity contribution in [3.8, 4) is 0 Å². The average molecular weight is 368 g/mol. The Balaban J connectivity index is 1.31. The van der Waals surface area contributed by atoms with Gasteiger partial charge in [0.15, 0.2) is 5.13 Å². The minimum Gasteiger partial charge on any atom is -0.393 e. The Morgan fingerprint density at radius 1 is 1.35 bits per heavy atom. The van der Waals surface area contributed by atoms with Crippen LogP contribution >= 0.6 is 11.3 Å². The highest BCUT2D eigenvalue weighted by Gasteiger charge is 2.30. The lowest BCUT2D eigenvalue weighted by molar-refractivity contribution is 0.0731. The highest BCUT2D eigenvalue weighted by Crippen LogP contribution is 2.32. The second-order valence-corrected chi connectivity index (χ2v) is 8.19. The third-order valence-electron chi connectivity index (χ3n) is 5.22. The summed E-state index contributed by atoms with van der Waals surface area (Å²) in [5, 5.41) is 14.8. The van der Waals surface area contributed by atoms with Gasteiger partial charge in [0, 0.05) is 34.8 Å². The lowest BCUT2D eigenvalue weighted by Crippen LogP contribution is -2.38. The number of aromatic nitrogens is 2. The summed E-state index contributed by atoms with van der Waals surface area (Å²) >= 11 is 1.63. The van der Waals surface area contributed by atoms with E-state index in [1.54, 1.807) is 11.3 Å². The zero-order valence-electron chi connectivity index (χ0n) is 14.2. The monoisotopic (exact) mass is 368 g/mol. The molecule has 1 aromatic carbocycles. The molecule has 2 aromatic heterocycles. The Kier molecular flexibility index (Phi) is 3.72. The molecule has 3 aromatic rings. The number of H-pyrrole nitrogens is 1. The fraction of sp³-hybridized carbons (Fsp3) is 0.368. The van der Waals surface area contributed by atoms with Crippen molar-refractivity contribution in [2.24, 2.45) is 0 Å². The highest BCUT2D eigenvalue weighted by molar-refractivity contribution is 7.15. The highest BCUT2D eigenvalue weighted by atomic mass is 32.1. The number of fused-ring (bicyclic) bond motifs is 2. The van der Waals surface area contributed by atoms with Crippen LogP contribution < -0.4 is 5.32 Å². The van der Waals surface area contributed by atoms with E-state index in [4.69, 9.17) is 0 Å². The van der Waals surface area contributed by atoms with Crippen molar-refractivity contribution in [3.63, 3.8) is 0 Å². The third kappa shape index (κ3) is 2.77. The third-order valence-corrected chi connectivity index (χ3v) is 6.23. The Morgan fingerprint density at radius 2 is 2.19 bits per heavy atom. The number of carbonyl (C=O) groups excluding carboxylic acids is 1. The summed E-state index contributed by atoms with van der Waals surface area (Å²) < 4.78 is 0. The van der Waals surface area contributed by atoms with Crippen molar-refractivity contribution in [1.82, 2.24) is 14.9 Å². The van der Waals surface area contributed by atoms with Crippen LogP contribution in [0.5, 0.6) is 0 Å². The zero-order chi connectivity index (χ0) is 17.7. The van der Waals surface area contributed by atoms with E-state index in [1.165, 1.54) is 0 Å². The number of hydrogen-bond acceptors (Lipinski definition) is 5. The smallest absolute Gasteiger partial charge is 0.270 e. The summed E-state index contributed by atoms with van der Waals surface area (Å²) in [6.45, 7) is 1.29. The molecule has 0 bridgehead atoms. The van der Waals surface area contributed by atoms with E-state index >= 15 is 0 Å². The number of anilines is 1. The Bertz CT molecular complexity index is 940. The molecule has 0 saturated heterocycles. The fourth-order valence-corrected chi connectivity index (χ4v) is 4.77. The number of nitrogens with zero attached hydrogens (tertiary/aromatic N) is 2. The first kappa shape index (κ1) is 15.8. The number of thiazole rings is 1. The summed E-state index contributed by atoms with van der Waals surface area (Å²) in [6, 6.07) is 10.2. The normalized spacial score (nSPS) is 22.1. The van der Waals surface area contributed by atoms with Crippen LogP contribution in [0.15, 0.2) is 30.3 Å². The molecule has 0 radical (unpaired) electrons. The summed E-state index contributed by atoms with van der Waals surface area (Å²) in [6.07, 6.45) is 2.18. The zero-order valence-corrected chi connectivity index (χ0v) is 15.1. The molecule has 2 aliphatic rings. The van der Waals surface area contributed by atoms with Crippen molar-refractivity contribution in [2.75, 3.05) is 11.9 Å². The predicted molar refractivity (Wildman–Crippen MR) is 102 cm³/mol. The van der Waals surface area contributed by atoms with Crippen LogP contribution in [0, 0.1) is 0 Å². The van der Waals surface area contributed by atoms with Gasteiger partial charge < -0.3 is 20.3 Å². The van der Waals surface area contributed by atoms with E-state index in [0.29, 0.717) is 24.8 Å². The largest absolute Gasteiger partial charge is 0.393 e. The topological polar surface area (TPSA) is 81.2 Å². The summed E-state index contributed by atoms with van der Waals surface area (Å²) in [7, 11) is 0. The number of rotatable bonds is 3. The Labute approximate surface area is 154 Å². The molecule has 6 nitrogen and oxygen atoms in total. The van der Waals surface area contributed by atoms with Crippen molar-refractivity contribution in [1.29, 1.82) is 0 Å². The Hall–Kier alpha value is -2.38. The number of aromatic amines is 1. The Morgan fingerprint density at radius 3 is 3.00 bits per heavy atom. The lowest BCUT2D eigenvalue weighted by Gasteiger charge is -2.31. The molecule has 1 saturated carbocycles. The number of para-hydroxylation sites is 1. The fourth-order valence-electron chi connectivity index (χ4n) is 3.67. The SMILES string of the molecule is O=C(c1cc2ccccc2[nH]1)N1CCc2nc(N[C@H]3C[C@@H](O)C3)sc2C1. The van der Waals surface area contributed by atoms with Gasteiger partial charge in [-0.3, -0.25) is 4.79 Å². The molecule has 3 heterocycles. The van der Waals surface area contributed by atoms with Gasteiger partial charge >= 0.3 is 0 Å². The van der Waals surface area contributed by atoms with Crippen LogP contribution in [0.3, 0.4) is 0 Å². The maximum absolute atomic E-state index is 12.9. The quantitative estimate of drug-likeness (QED) is 0.664. The summed E-state index contributed by atoms with van der Waals surface area (Å²) in [4.78, 5) is 23.8. The molecule has 0 spiro atoms. The van der Waals surface area contributed by atoms with Gasteiger partial charge in [0.05, 0.1) is 18.3 Å². The maximum atomic E-state index is 12.9. The molecule has 0 atom stereocenters. The van der Waals surface area contributed by atoms with E-state index in [2.05, 4.69) is 15.3 Å². The van der Waals surface area contributed by atoms with Crippen LogP contribution in [0.25, 0.3) is 10.9 Å². The molecule has 26 heavy (non-hydrogen) atoms. The molecule has 1 fully saturated rings. The first-order chi connectivity index (χ1) is 12.7. The first-order valence-electron chi connectivity index (χ1n) is 8.96. The van der Waals surface area contributed by atoms with Crippen molar-refractivity contribution in [2.45, 2.75) is 38.0 Å². The number of hydrogen-bond donors (Lipinski definition) is 3. The first-order valence-corrected chi connectivity index (χ1v) is 9.77. The predicted octanol–water partition coefficient (Wildman–Crippen LogP) is 2.76. The number of amides is 1. The van der Waals surface area contributed by atoms with Gasteiger partial charge in [-0.2, -0.15) is 0 Å². The second kappa shape index (κ2) is 6.10. The minimum atomic E-state index is -0.175. The van der Waals surface area contributed by atoms with Gasteiger partial charge in [0.1, 0.15) is 5.69 Å². The van der Waals surface area contributed by atoms with Crippen molar-refractivity contribution in [3.05, 3.63) is 46.6 Å². The van der Waals surface area contributed by atoms with E-state index < -0.39 is 0 Å². The number of nitrogens with one attached hydrogen (secondary N) is 2. The van der Waals surface area contributed by atoms with E-state index in [-0.39, 0.29) is 12.0 Å². The van der Waals surface area contributed by atoms with E-state index in [0.717, 1.165) is 45.9 Å². The van der Waals surface area contributed by atoms with Crippen molar-refractivity contribution >= 4 is 33.3 Å². The molecule has 134 valence electrons. The second-order valence-electron chi connectivity index (χ2n) is 7.10.